The van der Waals surface area contributed by atoms with E-state index in [2.05, 4.69) is 19.1 Å². The van der Waals surface area contributed by atoms with Crippen LogP contribution in [0.5, 0.6) is 0 Å². The first-order chi connectivity index (χ1) is 17.1. The zero-order valence-corrected chi connectivity index (χ0v) is 22.2. The van der Waals surface area contributed by atoms with Crippen molar-refractivity contribution in [2.45, 2.75) is 116 Å². The van der Waals surface area contributed by atoms with Crippen molar-refractivity contribution in [2.75, 3.05) is 13.2 Å². The van der Waals surface area contributed by atoms with Crippen LogP contribution < -0.4 is 0 Å². The zero-order chi connectivity index (χ0) is 24.5. The minimum Gasteiger partial charge on any atom is -0.352 e. The molecule has 4 aliphatic rings. The summed E-state index contributed by atoms with van der Waals surface area (Å²) >= 11 is 0. The fourth-order valence-electron chi connectivity index (χ4n) is 7.73. The lowest BCUT2D eigenvalue weighted by Crippen LogP contribution is -2.32. The first-order valence-electron chi connectivity index (χ1n) is 15.0. The Kier molecular flexibility index (Phi) is 11.1. The van der Waals surface area contributed by atoms with Crippen molar-refractivity contribution in [3.63, 3.8) is 0 Å². The molecule has 35 heavy (non-hydrogen) atoms. The second-order valence-electron chi connectivity index (χ2n) is 12.2. The number of hydrogen-bond acceptors (Lipinski definition) is 2. The molecule has 3 aliphatic carbocycles. The van der Waals surface area contributed by atoms with Gasteiger partial charge in [0, 0.05) is 12.3 Å². The van der Waals surface area contributed by atoms with Gasteiger partial charge in [-0.15, -0.1) is 0 Å². The summed E-state index contributed by atoms with van der Waals surface area (Å²) in [7, 11) is 0. The third-order valence-electron chi connectivity index (χ3n) is 9.97. The van der Waals surface area contributed by atoms with Crippen molar-refractivity contribution in [3.8, 4) is 0 Å². The van der Waals surface area contributed by atoms with Gasteiger partial charge in [-0.1, -0.05) is 38.3 Å². The Morgan fingerprint density at radius 2 is 1.14 bits per heavy atom. The van der Waals surface area contributed by atoms with Gasteiger partial charge in [0.05, 0.1) is 13.2 Å². The SMILES string of the molecule is CCC=CCC1OCC(CCC2CCC(C3CCC(C4CCC(C=C(F)F)CC4)CC3)CC2)CO1. The van der Waals surface area contributed by atoms with Gasteiger partial charge >= 0.3 is 0 Å². The normalized spacial score (nSPS) is 38.9. The van der Waals surface area contributed by atoms with Gasteiger partial charge in [0.2, 0.25) is 0 Å². The molecule has 1 aliphatic heterocycles. The summed E-state index contributed by atoms with van der Waals surface area (Å²) < 4.78 is 37.0. The molecule has 4 rings (SSSR count). The van der Waals surface area contributed by atoms with Gasteiger partial charge < -0.3 is 9.47 Å². The third-order valence-corrected chi connectivity index (χ3v) is 9.97. The molecule has 0 aromatic carbocycles. The van der Waals surface area contributed by atoms with E-state index in [1.54, 1.807) is 0 Å². The largest absolute Gasteiger partial charge is 0.352 e. The highest BCUT2D eigenvalue weighted by atomic mass is 19.3. The van der Waals surface area contributed by atoms with Crippen LogP contribution >= 0.6 is 0 Å². The van der Waals surface area contributed by atoms with E-state index in [1.165, 1.54) is 83.1 Å². The summed E-state index contributed by atoms with van der Waals surface area (Å²) in [6.45, 7) is 3.89. The Morgan fingerprint density at radius 3 is 1.66 bits per heavy atom. The van der Waals surface area contributed by atoms with Crippen molar-refractivity contribution in [1.82, 2.24) is 0 Å². The second-order valence-corrected chi connectivity index (χ2v) is 12.2. The smallest absolute Gasteiger partial charge is 0.266 e. The lowest BCUT2D eigenvalue weighted by molar-refractivity contribution is -0.199. The maximum absolute atomic E-state index is 12.5. The number of rotatable bonds is 9. The molecular formula is C31H50F2O2. The Labute approximate surface area is 213 Å². The lowest BCUT2D eigenvalue weighted by atomic mass is 9.65. The van der Waals surface area contributed by atoms with Crippen LogP contribution in [-0.4, -0.2) is 19.5 Å². The van der Waals surface area contributed by atoms with Crippen LogP contribution in [0, 0.1) is 41.4 Å². The average Bonchev–Trinajstić information content (AvgIpc) is 2.89. The summed E-state index contributed by atoms with van der Waals surface area (Å²) in [6, 6.07) is 0. The van der Waals surface area contributed by atoms with Crippen molar-refractivity contribution in [2.24, 2.45) is 41.4 Å². The molecule has 0 atom stereocenters. The van der Waals surface area contributed by atoms with Gasteiger partial charge in [0.1, 0.15) is 0 Å². The van der Waals surface area contributed by atoms with Crippen LogP contribution in [0.25, 0.3) is 0 Å². The molecule has 3 saturated carbocycles. The van der Waals surface area contributed by atoms with Crippen LogP contribution in [0.15, 0.2) is 24.3 Å². The van der Waals surface area contributed by atoms with Gasteiger partial charge in [0.25, 0.3) is 6.08 Å². The second kappa shape index (κ2) is 14.3. The fourth-order valence-corrected chi connectivity index (χ4v) is 7.73. The Hall–Kier alpha value is -0.740. The lowest BCUT2D eigenvalue weighted by Gasteiger charge is -2.41. The maximum atomic E-state index is 12.5. The van der Waals surface area contributed by atoms with Crippen LogP contribution in [0.4, 0.5) is 8.78 Å². The fraction of sp³-hybridized carbons (Fsp3) is 0.871. The van der Waals surface area contributed by atoms with E-state index in [9.17, 15) is 8.78 Å². The highest BCUT2D eigenvalue weighted by Crippen LogP contribution is 2.46. The minimum absolute atomic E-state index is 0.0299. The highest BCUT2D eigenvalue weighted by Gasteiger charge is 2.34. The monoisotopic (exact) mass is 492 g/mol. The summed E-state index contributed by atoms with van der Waals surface area (Å²) in [5.41, 5.74) is 0. The summed E-state index contributed by atoms with van der Waals surface area (Å²) in [4.78, 5) is 0. The van der Waals surface area contributed by atoms with Gasteiger partial charge in [-0.25, -0.2) is 0 Å². The summed E-state index contributed by atoms with van der Waals surface area (Å²) in [6.07, 6.45) is 24.3. The van der Waals surface area contributed by atoms with Crippen molar-refractivity contribution in [3.05, 3.63) is 24.3 Å². The van der Waals surface area contributed by atoms with Gasteiger partial charge in [0.15, 0.2) is 6.29 Å². The van der Waals surface area contributed by atoms with E-state index in [0.717, 1.165) is 68.5 Å². The standard InChI is InChI=1S/C31H50F2O2/c1-2-3-4-5-31-34-21-25(22-35-31)7-6-23-8-12-26(13-9-23)28-16-18-29(19-17-28)27-14-10-24(11-15-27)20-30(32)33/h3-4,20,23-29,31H,2,5-19,21-22H2,1H3. The summed E-state index contributed by atoms with van der Waals surface area (Å²) in [5, 5.41) is 0. The van der Waals surface area contributed by atoms with E-state index in [4.69, 9.17) is 9.47 Å². The Balaban J connectivity index is 1.07. The van der Waals surface area contributed by atoms with Gasteiger partial charge in [-0.3, -0.25) is 0 Å². The number of allylic oxidation sites excluding steroid dienone is 2. The molecule has 0 unspecified atom stereocenters. The van der Waals surface area contributed by atoms with E-state index in [1.807, 2.05) is 0 Å². The predicted molar refractivity (Wildman–Crippen MR) is 139 cm³/mol. The first kappa shape index (κ1) is 27.3. The molecule has 0 N–H and O–H groups in total. The first-order valence-corrected chi connectivity index (χ1v) is 15.0. The third kappa shape index (κ3) is 8.66. The van der Waals surface area contributed by atoms with Gasteiger partial charge in [-0.2, -0.15) is 8.78 Å². The van der Waals surface area contributed by atoms with Gasteiger partial charge in [-0.05, 0) is 119 Å². The quantitative estimate of drug-likeness (QED) is 0.299. The molecule has 0 aromatic rings. The number of ether oxygens (including phenoxy) is 2. The number of halogens is 2. The van der Waals surface area contributed by atoms with Crippen LogP contribution in [0.3, 0.4) is 0 Å². The van der Waals surface area contributed by atoms with Crippen LogP contribution in [0.2, 0.25) is 0 Å². The molecule has 200 valence electrons. The van der Waals surface area contributed by atoms with E-state index in [-0.39, 0.29) is 12.2 Å². The molecule has 0 radical (unpaired) electrons. The molecule has 0 bridgehead atoms. The average molecular weight is 493 g/mol. The zero-order valence-electron chi connectivity index (χ0n) is 22.2. The maximum Gasteiger partial charge on any atom is 0.266 e. The predicted octanol–water partition coefficient (Wildman–Crippen LogP) is 9.31. The molecule has 1 saturated heterocycles. The highest BCUT2D eigenvalue weighted by molar-refractivity contribution is 4.93. The molecule has 0 amide bonds. The molecule has 1 heterocycles. The molecule has 2 nitrogen and oxygen atoms in total. The van der Waals surface area contributed by atoms with Crippen LogP contribution in [-0.2, 0) is 9.47 Å². The number of hydrogen-bond donors (Lipinski definition) is 0. The van der Waals surface area contributed by atoms with Crippen molar-refractivity contribution < 1.29 is 18.3 Å². The topological polar surface area (TPSA) is 18.5 Å². The summed E-state index contributed by atoms with van der Waals surface area (Å²) in [5.74, 6) is 5.19. The minimum atomic E-state index is -1.48. The molecular weight excluding hydrogens is 442 g/mol. The van der Waals surface area contributed by atoms with Crippen molar-refractivity contribution >= 4 is 0 Å². The Morgan fingerprint density at radius 1 is 0.657 bits per heavy atom. The molecule has 4 heteroatoms. The molecule has 0 aromatic heterocycles. The van der Waals surface area contributed by atoms with E-state index < -0.39 is 6.08 Å². The Bertz CT molecular complexity index is 641. The van der Waals surface area contributed by atoms with Crippen LogP contribution in [0.1, 0.15) is 110 Å². The molecule has 4 fully saturated rings. The molecule has 0 spiro atoms. The van der Waals surface area contributed by atoms with Crippen molar-refractivity contribution in [1.29, 1.82) is 0 Å². The van der Waals surface area contributed by atoms with E-state index in [0.29, 0.717) is 5.92 Å². The van der Waals surface area contributed by atoms with E-state index >= 15 is 0 Å².